The minimum absolute atomic E-state index is 0.0566. The Morgan fingerprint density at radius 3 is 2.72 bits per heavy atom. The molecule has 0 saturated heterocycles. The summed E-state index contributed by atoms with van der Waals surface area (Å²) in [6.45, 7) is 1.54. The lowest BCUT2D eigenvalue weighted by atomic mass is 10.0. The van der Waals surface area contributed by atoms with E-state index in [9.17, 15) is 19.4 Å². The van der Waals surface area contributed by atoms with E-state index < -0.39 is 18.0 Å². The van der Waals surface area contributed by atoms with Crippen molar-refractivity contribution in [2.24, 2.45) is 0 Å². The van der Waals surface area contributed by atoms with Gasteiger partial charge in [0.15, 0.2) is 0 Å². The second-order valence-corrected chi connectivity index (χ2v) is 4.33. The molecule has 0 aromatic heterocycles. The Labute approximate surface area is 109 Å². The molecule has 1 rings (SSSR count). The summed E-state index contributed by atoms with van der Waals surface area (Å²) in [5, 5.41) is 22.1. The molecule has 0 aliphatic heterocycles. The van der Waals surface area contributed by atoms with Gasteiger partial charge in [-0.2, -0.15) is 0 Å². The van der Waals surface area contributed by atoms with Gasteiger partial charge < -0.3 is 15.5 Å². The van der Waals surface area contributed by atoms with Crippen molar-refractivity contribution in [1.29, 1.82) is 0 Å². The maximum absolute atomic E-state index is 13.5. The third kappa shape index (κ3) is 3.94. The molecule has 0 saturated carbocycles. The van der Waals surface area contributed by atoms with Crippen LogP contribution in [0.3, 0.4) is 0 Å². The molecule has 0 fully saturated rings. The molecule has 0 radical (unpaired) electrons. The first-order valence-electron chi connectivity index (χ1n) is 5.48. The van der Waals surface area contributed by atoms with E-state index in [4.69, 9.17) is 11.6 Å². The first-order chi connectivity index (χ1) is 8.43. The molecule has 1 aromatic rings. The standard InChI is InChI=1S/C12H15ClFNO3/c1-7(16)15-6-5-10(17)12(18)11-8(13)3-2-4-9(11)14/h2-4,10,12,17-18H,5-6H2,1H3,(H,15,16). The van der Waals surface area contributed by atoms with Crippen molar-refractivity contribution in [3.63, 3.8) is 0 Å². The van der Waals surface area contributed by atoms with Crippen LogP contribution in [0.2, 0.25) is 5.02 Å². The van der Waals surface area contributed by atoms with Crippen molar-refractivity contribution < 1.29 is 19.4 Å². The summed E-state index contributed by atoms with van der Waals surface area (Å²) < 4.78 is 13.5. The van der Waals surface area contributed by atoms with Crippen LogP contribution in [-0.2, 0) is 4.79 Å². The van der Waals surface area contributed by atoms with Gasteiger partial charge in [0.1, 0.15) is 11.9 Å². The van der Waals surface area contributed by atoms with E-state index in [-0.39, 0.29) is 29.5 Å². The van der Waals surface area contributed by atoms with Gasteiger partial charge in [-0.15, -0.1) is 0 Å². The summed E-state index contributed by atoms with van der Waals surface area (Å²) >= 11 is 5.77. The lowest BCUT2D eigenvalue weighted by Crippen LogP contribution is -2.28. The number of benzene rings is 1. The summed E-state index contributed by atoms with van der Waals surface area (Å²) in [4.78, 5) is 10.6. The van der Waals surface area contributed by atoms with Crippen molar-refractivity contribution in [1.82, 2.24) is 5.32 Å². The molecule has 2 unspecified atom stereocenters. The largest absolute Gasteiger partial charge is 0.390 e. The fraction of sp³-hybridized carbons (Fsp3) is 0.417. The molecule has 0 aliphatic rings. The highest BCUT2D eigenvalue weighted by Gasteiger charge is 2.23. The van der Waals surface area contributed by atoms with E-state index in [0.29, 0.717) is 0 Å². The van der Waals surface area contributed by atoms with E-state index in [1.165, 1.54) is 19.1 Å². The van der Waals surface area contributed by atoms with Crippen LogP contribution < -0.4 is 5.32 Å². The molecule has 2 atom stereocenters. The van der Waals surface area contributed by atoms with Crippen LogP contribution in [0.1, 0.15) is 25.0 Å². The van der Waals surface area contributed by atoms with E-state index in [1.54, 1.807) is 0 Å². The second-order valence-electron chi connectivity index (χ2n) is 3.92. The molecule has 6 heteroatoms. The van der Waals surface area contributed by atoms with Gasteiger partial charge in [-0.05, 0) is 18.6 Å². The predicted molar refractivity (Wildman–Crippen MR) is 65.7 cm³/mol. The zero-order valence-electron chi connectivity index (χ0n) is 9.86. The van der Waals surface area contributed by atoms with E-state index >= 15 is 0 Å². The molecule has 3 N–H and O–H groups in total. The maximum atomic E-state index is 13.5. The maximum Gasteiger partial charge on any atom is 0.216 e. The first kappa shape index (κ1) is 14.9. The Kier molecular flexibility index (Phi) is 5.53. The highest BCUT2D eigenvalue weighted by atomic mass is 35.5. The highest BCUT2D eigenvalue weighted by molar-refractivity contribution is 6.31. The number of aliphatic hydroxyl groups is 2. The van der Waals surface area contributed by atoms with Crippen LogP contribution in [0, 0.1) is 5.82 Å². The lowest BCUT2D eigenvalue weighted by Gasteiger charge is -2.19. The Morgan fingerprint density at radius 1 is 1.50 bits per heavy atom. The highest BCUT2D eigenvalue weighted by Crippen LogP contribution is 2.28. The molecule has 100 valence electrons. The molecule has 0 aliphatic carbocycles. The summed E-state index contributed by atoms with van der Waals surface area (Å²) in [5.74, 6) is -0.908. The number of rotatable bonds is 5. The fourth-order valence-corrected chi connectivity index (χ4v) is 1.81. The van der Waals surface area contributed by atoms with Crippen LogP contribution in [0.4, 0.5) is 4.39 Å². The molecule has 1 aromatic carbocycles. The van der Waals surface area contributed by atoms with Crippen molar-refractivity contribution in [3.05, 3.63) is 34.6 Å². The van der Waals surface area contributed by atoms with E-state index in [1.807, 2.05) is 0 Å². The molecule has 4 nitrogen and oxygen atoms in total. The molecule has 1 amide bonds. The Morgan fingerprint density at radius 2 is 2.17 bits per heavy atom. The predicted octanol–water partition coefficient (Wildman–Crippen LogP) is 1.40. The van der Waals surface area contributed by atoms with Gasteiger partial charge in [0.05, 0.1) is 6.10 Å². The number of carbonyl (C=O) groups is 1. The van der Waals surface area contributed by atoms with Gasteiger partial charge in [-0.1, -0.05) is 17.7 Å². The topological polar surface area (TPSA) is 69.6 Å². The molecule has 18 heavy (non-hydrogen) atoms. The van der Waals surface area contributed by atoms with Crippen molar-refractivity contribution in [3.8, 4) is 0 Å². The number of hydrogen-bond acceptors (Lipinski definition) is 3. The third-order valence-electron chi connectivity index (χ3n) is 2.47. The smallest absolute Gasteiger partial charge is 0.216 e. The number of amides is 1. The van der Waals surface area contributed by atoms with Crippen molar-refractivity contribution >= 4 is 17.5 Å². The zero-order chi connectivity index (χ0) is 13.7. The quantitative estimate of drug-likeness (QED) is 0.761. The van der Waals surface area contributed by atoms with Crippen LogP contribution >= 0.6 is 11.6 Å². The minimum atomic E-state index is -1.42. The van der Waals surface area contributed by atoms with Crippen LogP contribution in [-0.4, -0.2) is 28.8 Å². The fourth-order valence-electron chi connectivity index (χ4n) is 1.54. The normalized spacial score (nSPS) is 14.1. The van der Waals surface area contributed by atoms with Crippen LogP contribution in [0.15, 0.2) is 18.2 Å². The Balaban J connectivity index is 2.68. The second kappa shape index (κ2) is 6.68. The van der Waals surface area contributed by atoms with Gasteiger partial charge in [0.25, 0.3) is 0 Å². The SMILES string of the molecule is CC(=O)NCCC(O)C(O)c1c(F)cccc1Cl. The van der Waals surface area contributed by atoms with Gasteiger partial charge in [0.2, 0.25) is 5.91 Å². The van der Waals surface area contributed by atoms with Gasteiger partial charge >= 0.3 is 0 Å². The molecule has 0 bridgehead atoms. The molecular formula is C12H15ClFNO3. The third-order valence-corrected chi connectivity index (χ3v) is 2.80. The van der Waals surface area contributed by atoms with Gasteiger partial charge in [0, 0.05) is 24.1 Å². The van der Waals surface area contributed by atoms with Crippen LogP contribution in [0.5, 0.6) is 0 Å². The monoisotopic (exact) mass is 275 g/mol. The lowest BCUT2D eigenvalue weighted by molar-refractivity contribution is -0.119. The summed E-state index contributed by atoms with van der Waals surface area (Å²) in [6.07, 6.45) is -2.52. The molecular weight excluding hydrogens is 261 g/mol. The molecule has 0 spiro atoms. The summed E-state index contributed by atoms with van der Waals surface area (Å²) in [7, 11) is 0. The van der Waals surface area contributed by atoms with Crippen molar-refractivity contribution in [2.75, 3.05) is 6.54 Å². The first-order valence-corrected chi connectivity index (χ1v) is 5.85. The van der Waals surface area contributed by atoms with Crippen LogP contribution in [0.25, 0.3) is 0 Å². The minimum Gasteiger partial charge on any atom is -0.390 e. The number of carbonyl (C=O) groups excluding carboxylic acids is 1. The number of halogens is 2. The average Bonchev–Trinajstić information content (AvgIpc) is 2.27. The molecule has 0 heterocycles. The van der Waals surface area contributed by atoms with E-state index in [0.717, 1.165) is 6.07 Å². The number of aliphatic hydroxyl groups excluding tert-OH is 2. The van der Waals surface area contributed by atoms with Crippen molar-refractivity contribution in [2.45, 2.75) is 25.6 Å². The number of hydrogen-bond donors (Lipinski definition) is 3. The van der Waals surface area contributed by atoms with E-state index in [2.05, 4.69) is 5.32 Å². The summed E-state index contributed by atoms with van der Waals surface area (Å²) in [5.41, 5.74) is -0.130. The Hall–Kier alpha value is -1.17. The van der Waals surface area contributed by atoms with Gasteiger partial charge in [-0.25, -0.2) is 4.39 Å². The number of nitrogens with one attached hydrogen (secondary N) is 1. The Bertz CT molecular complexity index is 408. The average molecular weight is 276 g/mol. The zero-order valence-corrected chi connectivity index (χ0v) is 10.6. The summed E-state index contributed by atoms with van der Waals surface area (Å²) in [6, 6.07) is 4.01. The van der Waals surface area contributed by atoms with Gasteiger partial charge in [-0.3, -0.25) is 4.79 Å².